The first-order valence-corrected chi connectivity index (χ1v) is 11.8. The van der Waals surface area contributed by atoms with Crippen LogP contribution < -0.4 is 0 Å². The number of rotatable bonds is 1. The maximum absolute atomic E-state index is 5.21. The molecule has 1 heterocycles. The quantitative estimate of drug-likeness (QED) is 0.238. The molecule has 0 spiro atoms. The van der Waals surface area contributed by atoms with Crippen LogP contribution in [-0.4, -0.2) is 4.98 Å². The first kappa shape index (κ1) is 17.0. The van der Waals surface area contributed by atoms with Gasteiger partial charge in [-0.2, -0.15) is 0 Å². The molecule has 1 nitrogen and oxygen atoms in total. The van der Waals surface area contributed by atoms with Gasteiger partial charge in [0.1, 0.15) is 0 Å². The minimum absolute atomic E-state index is 1.05. The number of benzene rings is 6. The average Bonchev–Trinajstić information content (AvgIpc) is 3.41. The van der Waals surface area contributed by atoms with Gasteiger partial charge in [-0.05, 0) is 77.8 Å². The van der Waals surface area contributed by atoms with E-state index in [1.165, 1.54) is 76.6 Å². The molecule has 0 radical (unpaired) electrons. The van der Waals surface area contributed by atoms with Crippen LogP contribution in [0.4, 0.5) is 0 Å². The van der Waals surface area contributed by atoms with Gasteiger partial charge in [0.15, 0.2) is 0 Å². The monoisotopic (exact) mass is 427 g/mol. The van der Waals surface area contributed by atoms with Crippen molar-refractivity contribution in [1.82, 2.24) is 4.98 Å². The van der Waals surface area contributed by atoms with Crippen LogP contribution in [0.5, 0.6) is 0 Å². The average molecular weight is 428 g/mol. The van der Waals surface area contributed by atoms with Gasteiger partial charge in [-0.1, -0.05) is 91.0 Å². The summed E-state index contributed by atoms with van der Waals surface area (Å²) in [4.78, 5) is 5.21. The molecule has 7 aromatic rings. The van der Waals surface area contributed by atoms with Crippen molar-refractivity contribution in [2.75, 3.05) is 0 Å². The number of fused-ring (bicyclic) bond motifs is 4. The first-order valence-electron chi connectivity index (χ1n) is 11.8. The Kier molecular flexibility index (Phi) is 2.86. The van der Waals surface area contributed by atoms with Crippen LogP contribution in [0.25, 0.3) is 87.9 Å². The van der Waals surface area contributed by atoms with Gasteiger partial charge in [-0.15, -0.1) is 0 Å². The Morgan fingerprint density at radius 1 is 0.382 bits per heavy atom. The highest BCUT2D eigenvalue weighted by Gasteiger charge is 2.25. The summed E-state index contributed by atoms with van der Waals surface area (Å²) in [6.45, 7) is 0. The second-order valence-electron chi connectivity index (χ2n) is 9.52. The van der Waals surface area contributed by atoms with Crippen molar-refractivity contribution in [2.45, 2.75) is 0 Å². The van der Waals surface area contributed by atoms with E-state index in [1.807, 2.05) is 0 Å². The number of hydrogen-bond donors (Lipinski definition) is 0. The standard InChI is InChI=1S/C33H17N/c1-2-7-21-20(6-1)23-9-4-10-28-32(23)27(21)17-29(34-28)22-15-16-26-24-8-3-5-18-11-12-19-13-14-25(22)33(26)31(19)30(18)24/h1-17H. The van der Waals surface area contributed by atoms with Gasteiger partial charge in [-0.25, -0.2) is 4.98 Å². The molecule has 0 N–H and O–H groups in total. The Morgan fingerprint density at radius 2 is 1.03 bits per heavy atom. The molecular formula is C33H17N. The highest BCUT2D eigenvalue weighted by atomic mass is 14.7. The third-order valence-corrected chi connectivity index (χ3v) is 7.91. The van der Waals surface area contributed by atoms with Gasteiger partial charge < -0.3 is 0 Å². The lowest BCUT2D eigenvalue weighted by molar-refractivity contribution is 1.41. The van der Waals surface area contributed by atoms with E-state index in [-0.39, 0.29) is 0 Å². The van der Waals surface area contributed by atoms with Gasteiger partial charge in [-0.3, -0.25) is 0 Å². The molecule has 154 valence electrons. The minimum Gasteiger partial charge on any atom is -0.248 e. The molecule has 9 rings (SSSR count). The van der Waals surface area contributed by atoms with Gasteiger partial charge in [0.25, 0.3) is 0 Å². The Morgan fingerprint density at radius 3 is 1.91 bits per heavy atom. The zero-order valence-electron chi connectivity index (χ0n) is 18.3. The molecule has 1 aromatic heterocycles. The van der Waals surface area contributed by atoms with Gasteiger partial charge in [0.2, 0.25) is 0 Å². The third kappa shape index (κ3) is 1.88. The number of pyridine rings is 1. The van der Waals surface area contributed by atoms with Crippen molar-refractivity contribution in [2.24, 2.45) is 0 Å². The van der Waals surface area contributed by atoms with E-state index in [9.17, 15) is 0 Å². The van der Waals surface area contributed by atoms with Crippen LogP contribution in [0, 0.1) is 0 Å². The minimum atomic E-state index is 1.05. The Bertz CT molecular complexity index is 2060. The van der Waals surface area contributed by atoms with Crippen molar-refractivity contribution in [3.63, 3.8) is 0 Å². The number of hydrogen-bond acceptors (Lipinski definition) is 1. The lowest BCUT2D eigenvalue weighted by atomic mass is 9.94. The van der Waals surface area contributed by atoms with Gasteiger partial charge in [0.05, 0.1) is 11.2 Å². The summed E-state index contributed by atoms with van der Waals surface area (Å²) in [6, 6.07) is 37.9. The van der Waals surface area contributed by atoms with Gasteiger partial charge in [0, 0.05) is 10.9 Å². The zero-order chi connectivity index (χ0) is 22.0. The maximum atomic E-state index is 5.21. The number of nitrogens with zero attached hydrogens (tertiary/aromatic N) is 1. The normalized spacial score (nSPS) is 12.7. The fourth-order valence-electron chi connectivity index (χ4n) is 6.53. The molecule has 6 aromatic carbocycles. The molecule has 2 aliphatic rings. The highest BCUT2D eigenvalue weighted by Crippen LogP contribution is 2.51. The van der Waals surface area contributed by atoms with Crippen LogP contribution in [0.15, 0.2) is 103 Å². The van der Waals surface area contributed by atoms with Crippen molar-refractivity contribution >= 4 is 43.2 Å². The summed E-state index contributed by atoms with van der Waals surface area (Å²) in [6.07, 6.45) is 0. The van der Waals surface area contributed by atoms with Crippen LogP contribution in [0.2, 0.25) is 0 Å². The van der Waals surface area contributed by atoms with Crippen molar-refractivity contribution < 1.29 is 0 Å². The molecule has 0 aliphatic heterocycles. The molecule has 0 fully saturated rings. The molecule has 0 saturated heterocycles. The second kappa shape index (κ2) is 5.70. The molecule has 0 amide bonds. The summed E-state index contributed by atoms with van der Waals surface area (Å²) in [5.41, 5.74) is 11.2. The topological polar surface area (TPSA) is 12.9 Å². The molecule has 2 aliphatic carbocycles. The van der Waals surface area contributed by atoms with E-state index in [1.54, 1.807) is 0 Å². The Balaban J connectivity index is 1.41. The number of aromatic nitrogens is 1. The molecule has 0 bridgehead atoms. The lowest BCUT2D eigenvalue weighted by Gasteiger charge is -2.12. The van der Waals surface area contributed by atoms with Gasteiger partial charge >= 0.3 is 0 Å². The van der Waals surface area contributed by atoms with E-state index in [2.05, 4.69) is 103 Å². The van der Waals surface area contributed by atoms with E-state index >= 15 is 0 Å². The highest BCUT2D eigenvalue weighted by molar-refractivity contribution is 6.34. The molecule has 1 heteroatoms. The third-order valence-electron chi connectivity index (χ3n) is 7.91. The smallest absolute Gasteiger partial charge is 0.0722 e. The maximum Gasteiger partial charge on any atom is 0.0722 e. The fourth-order valence-corrected chi connectivity index (χ4v) is 6.53. The first-order chi connectivity index (χ1) is 16.9. The van der Waals surface area contributed by atoms with Crippen molar-refractivity contribution in [1.29, 1.82) is 0 Å². The molecular weight excluding hydrogens is 410 g/mol. The van der Waals surface area contributed by atoms with E-state index in [0.717, 1.165) is 11.2 Å². The molecule has 34 heavy (non-hydrogen) atoms. The van der Waals surface area contributed by atoms with Crippen LogP contribution in [-0.2, 0) is 0 Å². The zero-order valence-corrected chi connectivity index (χ0v) is 18.3. The summed E-state index contributed by atoms with van der Waals surface area (Å²) >= 11 is 0. The van der Waals surface area contributed by atoms with Crippen LogP contribution in [0.1, 0.15) is 0 Å². The van der Waals surface area contributed by atoms with Crippen LogP contribution in [0.3, 0.4) is 0 Å². The van der Waals surface area contributed by atoms with Crippen molar-refractivity contribution in [3.8, 4) is 44.6 Å². The SMILES string of the molecule is c1ccc2c(c1)-c1cccc3nc(-c4ccc5c6c4ccc4ccc7cccc-5c7c46)cc-2c13. The molecule has 0 atom stereocenters. The second-order valence-corrected chi connectivity index (χ2v) is 9.52. The predicted molar refractivity (Wildman–Crippen MR) is 143 cm³/mol. The van der Waals surface area contributed by atoms with E-state index in [4.69, 9.17) is 4.98 Å². The summed E-state index contributed by atoms with van der Waals surface area (Å²) < 4.78 is 0. The summed E-state index contributed by atoms with van der Waals surface area (Å²) in [5.74, 6) is 0. The van der Waals surface area contributed by atoms with Crippen LogP contribution >= 0.6 is 0 Å². The van der Waals surface area contributed by atoms with Crippen molar-refractivity contribution in [3.05, 3.63) is 103 Å². The fraction of sp³-hybridized carbons (Fsp3) is 0. The Hall–Kier alpha value is -4.49. The summed E-state index contributed by atoms with van der Waals surface area (Å²) in [7, 11) is 0. The van der Waals surface area contributed by atoms with E-state index < -0.39 is 0 Å². The van der Waals surface area contributed by atoms with E-state index in [0.29, 0.717) is 0 Å². The Labute approximate surface area is 195 Å². The lowest BCUT2D eigenvalue weighted by Crippen LogP contribution is -1.89. The summed E-state index contributed by atoms with van der Waals surface area (Å²) in [5, 5.41) is 9.34. The largest absolute Gasteiger partial charge is 0.248 e. The molecule has 0 saturated carbocycles. The predicted octanol–water partition coefficient (Wildman–Crippen LogP) is 8.99. The molecule has 0 unspecified atom stereocenters.